The number of nitrogens with zero attached hydrogens (tertiary/aromatic N) is 1. The second-order valence-electron chi connectivity index (χ2n) is 6.99. The highest BCUT2D eigenvalue weighted by molar-refractivity contribution is 6.35. The third-order valence-electron chi connectivity index (χ3n) is 5.22. The van der Waals surface area contributed by atoms with Gasteiger partial charge in [0.05, 0.1) is 10.9 Å². The van der Waals surface area contributed by atoms with Crippen LogP contribution in [0.25, 0.3) is 10.9 Å². The maximum Gasteiger partial charge on any atom is 0.225 e. The van der Waals surface area contributed by atoms with Crippen LogP contribution in [0.15, 0.2) is 79.0 Å². The molecule has 0 radical (unpaired) electrons. The SMILES string of the molecule is NC(=O)C(c1ccccc1)C(c1ccccc1Cl)c1cc(Cl)c2cccnc2c1O. The summed E-state index contributed by atoms with van der Waals surface area (Å²) in [5, 5.41) is 12.7. The number of fused-ring (bicyclic) bond motifs is 1. The zero-order valence-electron chi connectivity index (χ0n) is 15.8. The molecular weight excluding hydrogens is 419 g/mol. The lowest BCUT2D eigenvalue weighted by atomic mass is 9.76. The standard InChI is InChI=1S/C24H18Cl2N2O2/c25-18-11-5-4-9-15(18)21(20(24(27)30)14-7-2-1-3-8-14)17-13-19(26)16-10-6-12-28-22(16)23(17)29/h1-13,20-21,29H,(H2,27,30). The van der Waals surface area contributed by atoms with Crippen LogP contribution in [0.3, 0.4) is 0 Å². The van der Waals surface area contributed by atoms with Gasteiger partial charge in [-0.15, -0.1) is 0 Å². The van der Waals surface area contributed by atoms with Gasteiger partial charge in [0.15, 0.2) is 0 Å². The van der Waals surface area contributed by atoms with Gasteiger partial charge in [0.1, 0.15) is 11.3 Å². The highest BCUT2D eigenvalue weighted by Gasteiger charge is 2.35. The van der Waals surface area contributed by atoms with Crippen LogP contribution < -0.4 is 5.73 Å². The minimum absolute atomic E-state index is 0.0536. The van der Waals surface area contributed by atoms with E-state index < -0.39 is 17.7 Å². The maximum atomic E-state index is 12.7. The molecule has 1 amide bonds. The van der Waals surface area contributed by atoms with E-state index in [0.29, 0.717) is 37.6 Å². The lowest BCUT2D eigenvalue weighted by molar-refractivity contribution is -0.119. The Kier molecular flexibility index (Phi) is 5.62. The van der Waals surface area contributed by atoms with Crippen LogP contribution in [0.5, 0.6) is 5.75 Å². The van der Waals surface area contributed by atoms with Crippen molar-refractivity contribution in [2.24, 2.45) is 5.73 Å². The minimum Gasteiger partial charge on any atom is -0.505 e. The molecular formula is C24H18Cl2N2O2. The van der Waals surface area contributed by atoms with E-state index in [9.17, 15) is 9.90 Å². The summed E-state index contributed by atoms with van der Waals surface area (Å²) >= 11 is 13.1. The Morgan fingerprint density at radius 3 is 2.30 bits per heavy atom. The van der Waals surface area contributed by atoms with E-state index in [1.54, 1.807) is 36.5 Å². The number of carbonyl (C=O) groups excluding carboxylic acids is 1. The Hall–Kier alpha value is -3.08. The Labute approximate surface area is 183 Å². The van der Waals surface area contributed by atoms with Gasteiger partial charge in [-0.05, 0) is 35.4 Å². The fourth-order valence-corrected chi connectivity index (χ4v) is 4.40. The number of aromatic nitrogens is 1. The number of halogens is 2. The van der Waals surface area contributed by atoms with Gasteiger partial charge in [-0.3, -0.25) is 9.78 Å². The average Bonchev–Trinajstić information content (AvgIpc) is 2.76. The van der Waals surface area contributed by atoms with Crippen LogP contribution in [-0.4, -0.2) is 16.0 Å². The predicted molar refractivity (Wildman–Crippen MR) is 120 cm³/mol. The van der Waals surface area contributed by atoms with Crippen LogP contribution in [-0.2, 0) is 4.79 Å². The summed E-state index contributed by atoms with van der Waals surface area (Å²) in [5.41, 5.74) is 8.05. The van der Waals surface area contributed by atoms with Crippen LogP contribution in [0, 0.1) is 0 Å². The Morgan fingerprint density at radius 2 is 1.60 bits per heavy atom. The molecule has 6 heteroatoms. The molecule has 4 nitrogen and oxygen atoms in total. The molecule has 0 saturated carbocycles. The predicted octanol–water partition coefficient (Wildman–Crippen LogP) is 5.65. The van der Waals surface area contributed by atoms with Crippen molar-refractivity contribution in [3.8, 4) is 5.75 Å². The number of hydrogen-bond acceptors (Lipinski definition) is 3. The second-order valence-corrected chi connectivity index (χ2v) is 7.80. The summed E-state index contributed by atoms with van der Waals surface area (Å²) in [6.07, 6.45) is 1.58. The van der Waals surface area contributed by atoms with Crippen molar-refractivity contribution in [3.05, 3.63) is 106 Å². The Morgan fingerprint density at radius 1 is 0.900 bits per heavy atom. The molecule has 0 saturated heterocycles. The quantitative estimate of drug-likeness (QED) is 0.424. The van der Waals surface area contributed by atoms with Crippen LogP contribution in [0.2, 0.25) is 10.0 Å². The van der Waals surface area contributed by atoms with Crippen molar-refractivity contribution in [3.63, 3.8) is 0 Å². The first-order chi connectivity index (χ1) is 14.5. The lowest BCUT2D eigenvalue weighted by Crippen LogP contribution is -2.28. The fraction of sp³-hybridized carbons (Fsp3) is 0.0833. The van der Waals surface area contributed by atoms with E-state index in [0.717, 1.165) is 0 Å². The molecule has 2 unspecified atom stereocenters. The maximum absolute atomic E-state index is 12.7. The largest absolute Gasteiger partial charge is 0.505 e. The van der Waals surface area contributed by atoms with Crippen molar-refractivity contribution in [2.75, 3.05) is 0 Å². The number of aromatic hydroxyl groups is 1. The molecule has 0 fully saturated rings. The van der Waals surface area contributed by atoms with Gasteiger partial charge in [-0.2, -0.15) is 0 Å². The lowest BCUT2D eigenvalue weighted by Gasteiger charge is -2.28. The van der Waals surface area contributed by atoms with Crippen molar-refractivity contribution >= 4 is 40.0 Å². The van der Waals surface area contributed by atoms with E-state index in [4.69, 9.17) is 28.9 Å². The third-order valence-corrected chi connectivity index (χ3v) is 5.88. The van der Waals surface area contributed by atoms with E-state index in [2.05, 4.69) is 4.98 Å². The zero-order chi connectivity index (χ0) is 21.3. The number of primary amides is 1. The molecule has 3 aromatic carbocycles. The van der Waals surface area contributed by atoms with E-state index >= 15 is 0 Å². The van der Waals surface area contributed by atoms with Gasteiger partial charge in [-0.25, -0.2) is 0 Å². The monoisotopic (exact) mass is 436 g/mol. The number of hydrogen-bond donors (Lipinski definition) is 2. The molecule has 4 aromatic rings. The highest BCUT2D eigenvalue weighted by Crippen LogP contribution is 2.47. The zero-order valence-corrected chi connectivity index (χ0v) is 17.3. The summed E-state index contributed by atoms with van der Waals surface area (Å²) in [6, 6.07) is 21.6. The Bertz CT molecular complexity index is 1230. The number of pyridine rings is 1. The van der Waals surface area contributed by atoms with Gasteiger partial charge in [-0.1, -0.05) is 71.7 Å². The smallest absolute Gasteiger partial charge is 0.225 e. The molecule has 0 aliphatic rings. The molecule has 1 heterocycles. The van der Waals surface area contributed by atoms with E-state index in [-0.39, 0.29) is 5.75 Å². The third kappa shape index (κ3) is 3.60. The molecule has 150 valence electrons. The van der Waals surface area contributed by atoms with Crippen LogP contribution >= 0.6 is 23.2 Å². The first-order valence-electron chi connectivity index (χ1n) is 9.33. The van der Waals surface area contributed by atoms with Crippen LogP contribution in [0.1, 0.15) is 28.5 Å². The van der Waals surface area contributed by atoms with Gasteiger partial charge in [0, 0.05) is 28.1 Å². The van der Waals surface area contributed by atoms with Gasteiger partial charge in [0.25, 0.3) is 0 Å². The van der Waals surface area contributed by atoms with Crippen molar-refractivity contribution in [1.82, 2.24) is 4.98 Å². The molecule has 0 aliphatic heterocycles. The first kappa shape index (κ1) is 20.2. The number of phenolic OH excluding ortho intramolecular Hbond substituents is 1. The van der Waals surface area contributed by atoms with Gasteiger partial charge < -0.3 is 10.8 Å². The molecule has 4 rings (SSSR count). The van der Waals surface area contributed by atoms with Crippen molar-refractivity contribution in [2.45, 2.75) is 11.8 Å². The topological polar surface area (TPSA) is 76.2 Å². The highest BCUT2D eigenvalue weighted by atomic mass is 35.5. The van der Waals surface area contributed by atoms with E-state index in [1.807, 2.05) is 42.5 Å². The van der Waals surface area contributed by atoms with Gasteiger partial charge in [0.2, 0.25) is 5.91 Å². The Balaban J connectivity index is 2.05. The first-order valence-corrected chi connectivity index (χ1v) is 10.1. The van der Waals surface area contributed by atoms with Gasteiger partial charge >= 0.3 is 0 Å². The van der Waals surface area contributed by atoms with Crippen LogP contribution in [0.4, 0.5) is 0 Å². The molecule has 2 atom stereocenters. The average molecular weight is 437 g/mol. The molecule has 0 bridgehead atoms. The summed E-state index contributed by atoms with van der Waals surface area (Å²) in [7, 11) is 0. The number of rotatable bonds is 5. The van der Waals surface area contributed by atoms with Crippen molar-refractivity contribution in [1.29, 1.82) is 0 Å². The number of carbonyl (C=O) groups is 1. The number of benzene rings is 3. The fourth-order valence-electron chi connectivity index (χ4n) is 3.88. The number of phenols is 1. The molecule has 1 aromatic heterocycles. The number of amides is 1. The summed E-state index contributed by atoms with van der Waals surface area (Å²) in [4.78, 5) is 17.0. The summed E-state index contributed by atoms with van der Waals surface area (Å²) < 4.78 is 0. The summed E-state index contributed by atoms with van der Waals surface area (Å²) in [6.45, 7) is 0. The molecule has 30 heavy (non-hydrogen) atoms. The minimum atomic E-state index is -0.783. The molecule has 0 spiro atoms. The summed E-state index contributed by atoms with van der Waals surface area (Å²) in [5.74, 6) is -2.04. The van der Waals surface area contributed by atoms with E-state index in [1.165, 1.54) is 0 Å². The second kappa shape index (κ2) is 8.34. The molecule has 3 N–H and O–H groups in total. The normalized spacial score (nSPS) is 13.1. The molecule has 0 aliphatic carbocycles. The van der Waals surface area contributed by atoms with Crippen molar-refractivity contribution < 1.29 is 9.90 Å². The number of nitrogens with two attached hydrogens (primary N) is 1.